The lowest BCUT2D eigenvalue weighted by Gasteiger charge is -2.25. The van der Waals surface area contributed by atoms with Crippen LogP contribution >= 0.6 is 0 Å². The molecule has 1 aliphatic heterocycles. The summed E-state index contributed by atoms with van der Waals surface area (Å²) >= 11 is 0. The number of likely N-dealkylation sites (tertiary alicyclic amines) is 1. The Morgan fingerprint density at radius 3 is 2.60 bits per heavy atom. The van der Waals surface area contributed by atoms with Gasteiger partial charge in [0.05, 0.1) is 0 Å². The van der Waals surface area contributed by atoms with Crippen molar-refractivity contribution in [2.45, 2.75) is 38.8 Å². The predicted octanol–water partition coefficient (Wildman–Crippen LogP) is 1.84. The predicted molar refractivity (Wildman–Crippen MR) is 73.6 cm³/mol. The maximum atomic E-state index is 12.3. The molecule has 0 saturated carbocycles. The third kappa shape index (κ3) is 3.10. The van der Waals surface area contributed by atoms with E-state index in [0.29, 0.717) is 18.7 Å². The number of aliphatic carboxylic acids is 1. The normalized spacial score (nSPS) is 19.7. The number of ether oxygens (including phenoxy) is 1. The number of amides is 1. The molecule has 5 nitrogen and oxygen atoms in total. The number of benzene rings is 1. The third-order valence-electron chi connectivity index (χ3n) is 3.50. The van der Waals surface area contributed by atoms with E-state index in [1.807, 2.05) is 19.1 Å². The van der Waals surface area contributed by atoms with Crippen LogP contribution in [0.1, 0.15) is 25.3 Å². The average molecular weight is 277 g/mol. The summed E-state index contributed by atoms with van der Waals surface area (Å²) in [7, 11) is 0. The summed E-state index contributed by atoms with van der Waals surface area (Å²) in [6, 6.07) is 6.70. The lowest BCUT2D eigenvalue weighted by Crippen LogP contribution is -2.46. The van der Waals surface area contributed by atoms with Crippen LogP contribution in [0.3, 0.4) is 0 Å². The Bertz CT molecular complexity index is 497. The number of hydrogen-bond acceptors (Lipinski definition) is 3. The van der Waals surface area contributed by atoms with E-state index in [9.17, 15) is 9.59 Å². The van der Waals surface area contributed by atoms with Crippen LogP contribution in [-0.2, 0) is 9.59 Å². The minimum Gasteiger partial charge on any atom is -0.481 e. The summed E-state index contributed by atoms with van der Waals surface area (Å²) < 4.78 is 5.59. The molecule has 1 aromatic carbocycles. The molecule has 1 amide bonds. The Labute approximate surface area is 118 Å². The first kappa shape index (κ1) is 14.4. The molecular weight excluding hydrogens is 258 g/mol. The van der Waals surface area contributed by atoms with Gasteiger partial charge in [-0.2, -0.15) is 0 Å². The maximum absolute atomic E-state index is 12.3. The first-order valence-electron chi connectivity index (χ1n) is 6.75. The van der Waals surface area contributed by atoms with Crippen LogP contribution < -0.4 is 4.74 Å². The van der Waals surface area contributed by atoms with Gasteiger partial charge in [-0.3, -0.25) is 4.79 Å². The highest BCUT2D eigenvalue weighted by Gasteiger charge is 2.36. The topological polar surface area (TPSA) is 66.8 Å². The Kier molecular flexibility index (Phi) is 4.27. The Balaban J connectivity index is 2.01. The Morgan fingerprint density at radius 1 is 1.35 bits per heavy atom. The van der Waals surface area contributed by atoms with Crippen molar-refractivity contribution < 1.29 is 19.4 Å². The average Bonchev–Trinajstić information content (AvgIpc) is 2.90. The highest BCUT2D eigenvalue weighted by atomic mass is 16.5. The van der Waals surface area contributed by atoms with Crippen molar-refractivity contribution >= 4 is 11.9 Å². The number of rotatable bonds is 4. The zero-order valence-corrected chi connectivity index (χ0v) is 11.7. The van der Waals surface area contributed by atoms with Crippen molar-refractivity contribution in [1.82, 2.24) is 4.90 Å². The van der Waals surface area contributed by atoms with Gasteiger partial charge < -0.3 is 14.7 Å². The molecule has 0 aliphatic carbocycles. The van der Waals surface area contributed by atoms with E-state index >= 15 is 0 Å². The van der Waals surface area contributed by atoms with E-state index in [2.05, 4.69) is 0 Å². The number of carbonyl (C=O) groups is 2. The molecule has 1 fully saturated rings. The van der Waals surface area contributed by atoms with Crippen molar-refractivity contribution in [2.75, 3.05) is 6.54 Å². The van der Waals surface area contributed by atoms with E-state index in [4.69, 9.17) is 9.84 Å². The van der Waals surface area contributed by atoms with Gasteiger partial charge in [0.15, 0.2) is 6.10 Å². The van der Waals surface area contributed by atoms with Crippen LogP contribution in [0.2, 0.25) is 0 Å². The molecule has 5 heteroatoms. The fourth-order valence-corrected chi connectivity index (χ4v) is 2.39. The molecule has 2 rings (SSSR count). The fourth-order valence-electron chi connectivity index (χ4n) is 2.39. The standard InChI is InChI=1S/C15H19NO4/c1-10-5-7-12(8-6-10)20-11(2)14(17)16-9-3-4-13(16)15(18)19/h5-8,11,13H,3-4,9H2,1-2H3,(H,18,19)/t11-,13+/m0/s1. The molecule has 108 valence electrons. The molecule has 0 unspecified atom stereocenters. The van der Waals surface area contributed by atoms with E-state index in [0.717, 1.165) is 12.0 Å². The van der Waals surface area contributed by atoms with Crippen LogP contribution in [-0.4, -0.2) is 40.6 Å². The molecule has 0 aromatic heterocycles. The molecule has 1 N–H and O–H groups in total. The summed E-state index contributed by atoms with van der Waals surface area (Å²) in [6.07, 6.45) is 0.552. The zero-order valence-electron chi connectivity index (χ0n) is 11.7. The van der Waals surface area contributed by atoms with Crippen LogP contribution in [0.4, 0.5) is 0 Å². The molecular formula is C15H19NO4. The van der Waals surface area contributed by atoms with Gasteiger partial charge in [-0.15, -0.1) is 0 Å². The number of hydrogen-bond donors (Lipinski definition) is 1. The van der Waals surface area contributed by atoms with Crippen LogP contribution in [0.25, 0.3) is 0 Å². The van der Waals surface area contributed by atoms with Crippen LogP contribution in [0.5, 0.6) is 5.75 Å². The van der Waals surface area contributed by atoms with Gasteiger partial charge in [0.1, 0.15) is 11.8 Å². The monoisotopic (exact) mass is 277 g/mol. The summed E-state index contributed by atoms with van der Waals surface area (Å²) in [4.78, 5) is 24.8. The number of carboxylic acid groups (broad SMARTS) is 1. The Hall–Kier alpha value is -2.04. The minimum atomic E-state index is -0.946. The zero-order chi connectivity index (χ0) is 14.7. The number of carboxylic acids is 1. The van der Waals surface area contributed by atoms with Crippen molar-refractivity contribution in [1.29, 1.82) is 0 Å². The molecule has 2 atom stereocenters. The molecule has 0 bridgehead atoms. The van der Waals surface area contributed by atoms with Crippen molar-refractivity contribution in [2.24, 2.45) is 0 Å². The van der Waals surface area contributed by atoms with Crippen molar-refractivity contribution in [3.63, 3.8) is 0 Å². The molecule has 1 aliphatic rings. The summed E-state index contributed by atoms with van der Waals surface area (Å²) in [5, 5.41) is 9.10. The van der Waals surface area contributed by atoms with Crippen LogP contribution in [0, 0.1) is 6.92 Å². The second kappa shape index (κ2) is 5.94. The second-order valence-electron chi connectivity index (χ2n) is 5.10. The van der Waals surface area contributed by atoms with Crippen LogP contribution in [0.15, 0.2) is 24.3 Å². The SMILES string of the molecule is Cc1ccc(O[C@@H](C)C(=O)N2CCC[C@@H]2C(=O)O)cc1. The van der Waals surface area contributed by atoms with Crippen molar-refractivity contribution in [3.05, 3.63) is 29.8 Å². The number of carbonyl (C=O) groups excluding carboxylic acids is 1. The molecule has 1 aromatic rings. The van der Waals surface area contributed by atoms with Gasteiger partial charge in [0, 0.05) is 6.54 Å². The van der Waals surface area contributed by atoms with Gasteiger partial charge in [-0.25, -0.2) is 4.79 Å². The first-order chi connectivity index (χ1) is 9.49. The van der Waals surface area contributed by atoms with Gasteiger partial charge in [0.25, 0.3) is 5.91 Å². The van der Waals surface area contributed by atoms with E-state index < -0.39 is 18.1 Å². The largest absolute Gasteiger partial charge is 0.481 e. The van der Waals surface area contributed by atoms with Gasteiger partial charge in [-0.05, 0) is 38.8 Å². The van der Waals surface area contributed by atoms with E-state index in [1.54, 1.807) is 19.1 Å². The summed E-state index contributed by atoms with van der Waals surface area (Å²) in [6.45, 7) is 4.11. The van der Waals surface area contributed by atoms with E-state index in [-0.39, 0.29) is 5.91 Å². The molecule has 0 radical (unpaired) electrons. The second-order valence-corrected chi connectivity index (χ2v) is 5.10. The van der Waals surface area contributed by atoms with E-state index in [1.165, 1.54) is 4.90 Å². The lowest BCUT2D eigenvalue weighted by molar-refractivity contribution is -0.150. The summed E-state index contributed by atoms with van der Waals surface area (Å²) in [5.74, 6) is -0.601. The smallest absolute Gasteiger partial charge is 0.326 e. The molecule has 1 heterocycles. The fraction of sp³-hybridized carbons (Fsp3) is 0.467. The highest BCUT2D eigenvalue weighted by molar-refractivity contribution is 5.87. The quantitative estimate of drug-likeness (QED) is 0.912. The molecule has 0 spiro atoms. The van der Waals surface area contributed by atoms with Crippen molar-refractivity contribution in [3.8, 4) is 5.75 Å². The third-order valence-corrected chi connectivity index (χ3v) is 3.50. The van der Waals surface area contributed by atoms with Gasteiger partial charge in [0.2, 0.25) is 0 Å². The molecule has 20 heavy (non-hydrogen) atoms. The maximum Gasteiger partial charge on any atom is 0.326 e. The van der Waals surface area contributed by atoms with Gasteiger partial charge >= 0.3 is 5.97 Å². The molecule has 1 saturated heterocycles. The lowest BCUT2D eigenvalue weighted by atomic mass is 10.2. The Morgan fingerprint density at radius 2 is 2.00 bits per heavy atom. The minimum absolute atomic E-state index is 0.268. The highest BCUT2D eigenvalue weighted by Crippen LogP contribution is 2.20. The van der Waals surface area contributed by atoms with Gasteiger partial charge in [-0.1, -0.05) is 17.7 Å². The number of aryl methyl sites for hydroxylation is 1. The number of nitrogens with zero attached hydrogens (tertiary/aromatic N) is 1. The summed E-state index contributed by atoms with van der Waals surface area (Å²) in [5.41, 5.74) is 1.11. The first-order valence-corrected chi connectivity index (χ1v) is 6.75.